The third-order valence-corrected chi connectivity index (χ3v) is 5.21. The molecule has 140 valence electrons. The number of hydrogen-bond donors (Lipinski definition) is 1. The molecule has 1 aliphatic rings. The fourth-order valence-electron chi connectivity index (χ4n) is 2.44. The number of methoxy groups -OCH3 is 1. The first-order valence-corrected chi connectivity index (χ1v) is 10.6. The van der Waals surface area contributed by atoms with Crippen LogP contribution < -0.4 is 15.0 Å². The third-order valence-electron chi connectivity index (χ3n) is 3.72. The van der Waals surface area contributed by atoms with Crippen LogP contribution >= 0.6 is 15.9 Å². The number of rotatable bonds is 5. The summed E-state index contributed by atoms with van der Waals surface area (Å²) in [6.07, 6.45) is 2.90. The topological polar surface area (TPSA) is 100 Å². The molecule has 1 aromatic heterocycles. The Labute approximate surface area is 156 Å². The highest BCUT2D eigenvalue weighted by atomic mass is 79.9. The predicted molar refractivity (Wildman–Crippen MR) is 101 cm³/mol. The van der Waals surface area contributed by atoms with E-state index in [2.05, 4.69) is 46.0 Å². The summed E-state index contributed by atoms with van der Waals surface area (Å²) < 4.78 is 28.4. The smallest absolute Gasteiger partial charge is 0.232 e. The van der Waals surface area contributed by atoms with Crippen molar-refractivity contribution in [1.82, 2.24) is 20.2 Å². The molecule has 25 heavy (non-hydrogen) atoms. The first kappa shape index (κ1) is 19.7. The number of anilines is 1. The van der Waals surface area contributed by atoms with Crippen LogP contribution in [0.5, 0.6) is 5.88 Å². The summed E-state index contributed by atoms with van der Waals surface area (Å²) in [6, 6.07) is 0. The second kappa shape index (κ2) is 8.65. The van der Waals surface area contributed by atoms with Crippen molar-refractivity contribution in [1.29, 1.82) is 0 Å². The highest BCUT2D eigenvalue weighted by Gasteiger charge is 2.22. The zero-order chi connectivity index (χ0) is 18.4. The lowest BCUT2D eigenvalue weighted by Crippen LogP contribution is -2.53. The first-order chi connectivity index (χ1) is 11.8. The van der Waals surface area contributed by atoms with E-state index in [1.54, 1.807) is 20.4 Å². The van der Waals surface area contributed by atoms with Crippen molar-refractivity contribution < 1.29 is 13.2 Å². The molecule has 0 amide bonds. The number of guanidine groups is 1. The molecule has 0 radical (unpaired) electrons. The molecule has 1 aliphatic heterocycles. The molecule has 9 nitrogen and oxygen atoms in total. The molecule has 1 saturated heterocycles. The van der Waals surface area contributed by atoms with Crippen LogP contribution in [0.1, 0.15) is 0 Å². The Hall–Kier alpha value is -1.62. The van der Waals surface area contributed by atoms with E-state index in [4.69, 9.17) is 4.74 Å². The Kier molecular flexibility index (Phi) is 6.82. The van der Waals surface area contributed by atoms with E-state index in [-0.39, 0.29) is 5.75 Å². The minimum absolute atomic E-state index is 0.0819. The third kappa shape index (κ3) is 5.70. The van der Waals surface area contributed by atoms with Gasteiger partial charge >= 0.3 is 0 Å². The van der Waals surface area contributed by atoms with Crippen molar-refractivity contribution in [3.63, 3.8) is 0 Å². The van der Waals surface area contributed by atoms with Crippen molar-refractivity contribution in [2.75, 3.05) is 63.8 Å². The minimum Gasteiger partial charge on any atom is -0.480 e. The Balaban J connectivity index is 1.92. The summed E-state index contributed by atoms with van der Waals surface area (Å²) in [5.41, 5.74) is 0. The SMILES string of the molecule is CN=C(NCCS(C)(=O)=O)N1CCN(c2ncc(Br)c(OC)n2)CC1. The second-order valence-electron chi connectivity index (χ2n) is 5.61. The minimum atomic E-state index is -2.99. The van der Waals surface area contributed by atoms with Gasteiger partial charge in [0.1, 0.15) is 9.84 Å². The summed E-state index contributed by atoms with van der Waals surface area (Å²) in [7, 11) is 0.273. The Morgan fingerprint density at radius 3 is 2.64 bits per heavy atom. The van der Waals surface area contributed by atoms with Crippen LogP contribution in [0, 0.1) is 0 Å². The standard InChI is InChI=1S/C14H23BrN6O3S/c1-16-13(17-4-9-25(3,22)23)20-5-7-21(8-6-20)14-18-10-11(15)12(19-14)24-2/h10H,4-9H2,1-3H3,(H,16,17). The zero-order valence-corrected chi connectivity index (χ0v) is 17.0. The number of aromatic nitrogens is 2. The monoisotopic (exact) mass is 434 g/mol. The number of hydrogen-bond acceptors (Lipinski definition) is 7. The Morgan fingerprint density at radius 2 is 2.08 bits per heavy atom. The Morgan fingerprint density at radius 1 is 1.40 bits per heavy atom. The van der Waals surface area contributed by atoms with Gasteiger partial charge in [-0.05, 0) is 15.9 Å². The van der Waals surface area contributed by atoms with Crippen LogP contribution in [-0.2, 0) is 9.84 Å². The van der Waals surface area contributed by atoms with Crippen molar-refractivity contribution in [3.05, 3.63) is 10.7 Å². The van der Waals surface area contributed by atoms with Gasteiger partial charge in [-0.25, -0.2) is 13.4 Å². The lowest BCUT2D eigenvalue weighted by atomic mass is 10.3. The van der Waals surface area contributed by atoms with Gasteiger partial charge in [0.15, 0.2) is 5.96 Å². The molecule has 1 aromatic rings. The van der Waals surface area contributed by atoms with Gasteiger partial charge in [0.05, 0.1) is 23.5 Å². The van der Waals surface area contributed by atoms with Crippen LogP contribution in [-0.4, -0.2) is 88.1 Å². The van der Waals surface area contributed by atoms with E-state index >= 15 is 0 Å². The lowest BCUT2D eigenvalue weighted by Gasteiger charge is -2.36. The van der Waals surface area contributed by atoms with Gasteiger partial charge in [-0.2, -0.15) is 4.98 Å². The fourth-order valence-corrected chi connectivity index (χ4v) is 3.26. The van der Waals surface area contributed by atoms with Crippen LogP contribution in [0.4, 0.5) is 5.95 Å². The maximum absolute atomic E-state index is 11.2. The maximum Gasteiger partial charge on any atom is 0.232 e. The summed E-state index contributed by atoms with van der Waals surface area (Å²) >= 11 is 3.35. The second-order valence-corrected chi connectivity index (χ2v) is 8.72. The average Bonchev–Trinajstić information content (AvgIpc) is 2.58. The van der Waals surface area contributed by atoms with Crippen molar-refractivity contribution in [2.24, 2.45) is 4.99 Å². The van der Waals surface area contributed by atoms with Gasteiger partial charge in [0.25, 0.3) is 0 Å². The summed E-state index contributed by atoms with van der Waals surface area (Å²) in [5, 5.41) is 3.10. The predicted octanol–water partition coefficient (Wildman–Crippen LogP) is -0.0103. The average molecular weight is 435 g/mol. The molecular formula is C14H23BrN6O3S. The molecule has 2 heterocycles. The van der Waals surface area contributed by atoms with Crippen molar-refractivity contribution in [3.8, 4) is 5.88 Å². The van der Waals surface area contributed by atoms with E-state index in [1.165, 1.54) is 6.26 Å². The van der Waals surface area contributed by atoms with E-state index in [9.17, 15) is 8.42 Å². The van der Waals surface area contributed by atoms with Gasteiger partial charge in [-0.15, -0.1) is 0 Å². The van der Waals surface area contributed by atoms with E-state index in [0.29, 0.717) is 28.8 Å². The number of nitrogens with zero attached hydrogens (tertiary/aromatic N) is 5. The van der Waals surface area contributed by atoms with E-state index in [0.717, 1.165) is 26.2 Å². The van der Waals surface area contributed by atoms with Crippen LogP contribution in [0.25, 0.3) is 0 Å². The molecule has 1 fully saturated rings. The molecule has 0 unspecified atom stereocenters. The van der Waals surface area contributed by atoms with Crippen LogP contribution in [0.15, 0.2) is 15.7 Å². The number of piperazine rings is 1. The normalized spacial score (nSPS) is 16.1. The maximum atomic E-state index is 11.2. The van der Waals surface area contributed by atoms with E-state index in [1.807, 2.05) is 0 Å². The lowest BCUT2D eigenvalue weighted by molar-refractivity contribution is 0.367. The van der Waals surface area contributed by atoms with Gasteiger partial charge in [-0.1, -0.05) is 0 Å². The number of halogens is 1. The van der Waals surface area contributed by atoms with Crippen molar-refractivity contribution >= 4 is 37.7 Å². The fraction of sp³-hybridized carbons (Fsp3) is 0.643. The summed E-state index contributed by atoms with van der Waals surface area (Å²) in [4.78, 5) is 17.1. The molecule has 0 bridgehead atoms. The van der Waals surface area contributed by atoms with Gasteiger partial charge in [0.2, 0.25) is 11.8 Å². The molecule has 1 N–H and O–H groups in total. The molecule has 0 saturated carbocycles. The highest BCUT2D eigenvalue weighted by molar-refractivity contribution is 9.10. The van der Waals surface area contributed by atoms with Gasteiger partial charge < -0.3 is 19.9 Å². The van der Waals surface area contributed by atoms with Gasteiger partial charge in [-0.3, -0.25) is 4.99 Å². The summed E-state index contributed by atoms with van der Waals surface area (Å²) in [5.74, 6) is 1.92. The van der Waals surface area contributed by atoms with E-state index < -0.39 is 9.84 Å². The molecular weight excluding hydrogens is 412 g/mol. The van der Waals surface area contributed by atoms with Crippen LogP contribution in [0.3, 0.4) is 0 Å². The first-order valence-electron chi connectivity index (χ1n) is 7.79. The zero-order valence-electron chi connectivity index (χ0n) is 14.6. The highest BCUT2D eigenvalue weighted by Crippen LogP contribution is 2.23. The quantitative estimate of drug-likeness (QED) is 0.509. The number of sulfone groups is 1. The molecule has 0 spiro atoms. The van der Waals surface area contributed by atoms with Gasteiger partial charge in [0, 0.05) is 46.0 Å². The molecule has 0 aliphatic carbocycles. The summed E-state index contributed by atoms with van der Waals surface area (Å²) in [6.45, 7) is 3.29. The van der Waals surface area contributed by atoms with Crippen molar-refractivity contribution in [2.45, 2.75) is 0 Å². The molecule has 0 aromatic carbocycles. The number of ether oxygens (including phenoxy) is 1. The number of aliphatic imine (C=N–C) groups is 1. The largest absolute Gasteiger partial charge is 0.480 e. The number of nitrogens with one attached hydrogen (secondary N) is 1. The molecule has 2 rings (SSSR count). The molecule has 11 heteroatoms. The van der Waals surface area contributed by atoms with Crippen LogP contribution in [0.2, 0.25) is 0 Å². The Bertz CT molecular complexity index is 719. The molecule has 0 atom stereocenters.